The largest absolute Gasteiger partial charge is 0.387 e. The molecule has 0 amide bonds. The van der Waals surface area contributed by atoms with E-state index in [0.29, 0.717) is 6.10 Å². The average Bonchev–Trinajstić information content (AvgIpc) is 3.21. The van der Waals surface area contributed by atoms with E-state index >= 15 is 0 Å². The van der Waals surface area contributed by atoms with Crippen LogP contribution in [0.1, 0.15) is 91.4 Å². The Morgan fingerprint density at radius 1 is 0.842 bits per heavy atom. The molecule has 0 aromatic rings. The van der Waals surface area contributed by atoms with Gasteiger partial charge >= 0.3 is 0 Å². The highest BCUT2D eigenvalue weighted by Gasteiger charge is 2.51. The summed E-state index contributed by atoms with van der Waals surface area (Å²) < 4.78 is 5.67. The molecular formula is C17H34O2. The minimum atomic E-state index is -0.565. The summed E-state index contributed by atoms with van der Waals surface area (Å²) in [4.78, 5) is 0. The van der Waals surface area contributed by atoms with E-state index in [1.807, 2.05) is 0 Å². The van der Waals surface area contributed by atoms with Crippen LogP contribution in [0.25, 0.3) is 0 Å². The van der Waals surface area contributed by atoms with Gasteiger partial charge in [0, 0.05) is 0 Å². The molecule has 1 saturated heterocycles. The number of hydrogen-bond donors (Lipinski definition) is 1. The predicted molar refractivity (Wildman–Crippen MR) is 81.4 cm³/mol. The summed E-state index contributed by atoms with van der Waals surface area (Å²) in [5.41, 5.74) is -0.565. The molecule has 1 heterocycles. The summed E-state index contributed by atoms with van der Waals surface area (Å²) in [5, 5.41) is 10.3. The van der Waals surface area contributed by atoms with Gasteiger partial charge in [-0.25, -0.2) is 0 Å². The second kappa shape index (κ2) is 8.97. The molecule has 0 spiro atoms. The van der Waals surface area contributed by atoms with Crippen molar-refractivity contribution in [2.24, 2.45) is 0 Å². The molecule has 1 fully saturated rings. The SMILES string of the molecule is CCCCCCCCCC[C@H]1O[C@@H]1C(O)(CC)CC. The van der Waals surface area contributed by atoms with Crippen LogP contribution in [-0.4, -0.2) is 22.9 Å². The normalized spacial score (nSPS) is 22.7. The molecule has 0 aromatic heterocycles. The first kappa shape index (κ1) is 17.0. The van der Waals surface area contributed by atoms with Crippen molar-refractivity contribution in [2.45, 2.75) is 109 Å². The second-order valence-electron chi connectivity index (χ2n) is 6.17. The summed E-state index contributed by atoms with van der Waals surface area (Å²) in [6.45, 7) is 6.37. The van der Waals surface area contributed by atoms with Gasteiger partial charge in [0.05, 0.1) is 11.7 Å². The molecule has 2 atom stereocenters. The zero-order chi connectivity index (χ0) is 14.1. The minimum Gasteiger partial charge on any atom is -0.387 e. The number of unbranched alkanes of at least 4 members (excludes halogenated alkanes) is 7. The average molecular weight is 270 g/mol. The predicted octanol–water partition coefficient (Wildman–Crippen LogP) is 4.84. The zero-order valence-corrected chi connectivity index (χ0v) is 13.3. The van der Waals surface area contributed by atoms with E-state index in [2.05, 4.69) is 20.8 Å². The van der Waals surface area contributed by atoms with E-state index in [1.54, 1.807) is 0 Å². The number of epoxide rings is 1. The second-order valence-corrected chi connectivity index (χ2v) is 6.17. The Morgan fingerprint density at radius 2 is 1.37 bits per heavy atom. The molecule has 1 aliphatic rings. The molecule has 2 heteroatoms. The zero-order valence-electron chi connectivity index (χ0n) is 13.3. The Hall–Kier alpha value is -0.0800. The summed E-state index contributed by atoms with van der Waals surface area (Å²) in [5.74, 6) is 0. The fourth-order valence-electron chi connectivity index (χ4n) is 2.97. The van der Waals surface area contributed by atoms with E-state index in [1.165, 1.54) is 51.4 Å². The number of aliphatic hydroxyl groups is 1. The van der Waals surface area contributed by atoms with Crippen LogP contribution in [0.3, 0.4) is 0 Å². The van der Waals surface area contributed by atoms with Gasteiger partial charge in [-0.1, -0.05) is 72.1 Å². The lowest BCUT2D eigenvalue weighted by Gasteiger charge is -2.22. The molecule has 0 radical (unpaired) electrons. The minimum absolute atomic E-state index is 0.118. The lowest BCUT2D eigenvalue weighted by molar-refractivity contribution is 0.00442. The lowest BCUT2D eigenvalue weighted by atomic mass is 9.90. The third-order valence-electron chi connectivity index (χ3n) is 4.68. The van der Waals surface area contributed by atoms with Gasteiger partial charge in [0.25, 0.3) is 0 Å². The highest BCUT2D eigenvalue weighted by Crippen LogP contribution is 2.39. The molecule has 1 rings (SSSR count). The van der Waals surface area contributed by atoms with Crippen LogP contribution in [0.2, 0.25) is 0 Å². The van der Waals surface area contributed by atoms with Gasteiger partial charge in [0.15, 0.2) is 0 Å². The summed E-state index contributed by atoms with van der Waals surface area (Å²) >= 11 is 0. The monoisotopic (exact) mass is 270 g/mol. The van der Waals surface area contributed by atoms with Crippen molar-refractivity contribution in [2.75, 3.05) is 0 Å². The fraction of sp³-hybridized carbons (Fsp3) is 1.00. The van der Waals surface area contributed by atoms with Crippen molar-refractivity contribution in [1.29, 1.82) is 0 Å². The molecule has 0 aliphatic carbocycles. The Kier molecular flexibility index (Phi) is 8.01. The number of ether oxygens (including phenoxy) is 1. The Labute approximate surface area is 119 Å². The van der Waals surface area contributed by atoms with Gasteiger partial charge in [-0.15, -0.1) is 0 Å². The molecule has 19 heavy (non-hydrogen) atoms. The molecular weight excluding hydrogens is 236 g/mol. The highest BCUT2D eigenvalue weighted by atomic mass is 16.6. The van der Waals surface area contributed by atoms with Gasteiger partial charge in [-0.2, -0.15) is 0 Å². The van der Waals surface area contributed by atoms with Crippen molar-refractivity contribution in [3.05, 3.63) is 0 Å². The maximum absolute atomic E-state index is 10.3. The Bertz CT molecular complexity index is 223. The smallest absolute Gasteiger partial charge is 0.113 e. The van der Waals surface area contributed by atoms with E-state index < -0.39 is 5.60 Å². The van der Waals surface area contributed by atoms with Gasteiger partial charge in [-0.05, 0) is 19.3 Å². The first-order valence-corrected chi connectivity index (χ1v) is 8.55. The summed E-state index contributed by atoms with van der Waals surface area (Å²) in [6, 6.07) is 0. The van der Waals surface area contributed by atoms with E-state index in [0.717, 1.165) is 19.3 Å². The van der Waals surface area contributed by atoms with Crippen LogP contribution < -0.4 is 0 Å². The Balaban J connectivity index is 1.95. The molecule has 1 N–H and O–H groups in total. The van der Waals surface area contributed by atoms with Gasteiger partial charge in [0.1, 0.15) is 6.10 Å². The first-order valence-electron chi connectivity index (χ1n) is 8.55. The molecule has 2 nitrogen and oxygen atoms in total. The van der Waals surface area contributed by atoms with Crippen LogP contribution >= 0.6 is 0 Å². The van der Waals surface area contributed by atoms with Crippen LogP contribution in [0.4, 0.5) is 0 Å². The van der Waals surface area contributed by atoms with Gasteiger partial charge < -0.3 is 9.84 Å². The van der Waals surface area contributed by atoms with Crippen molar-refractivity contribution >= 4 is 0 Å². The van der Waals surface area contributed by atoms with E-state index in [-0.39, 0.29) is 6.10 Å². The van der Waals surface area contributed by atoms with Crippen molar-refractivity contribution in [3.8, 4) is 0 Å². The molecule has 0 aromatic carbocycles. The quantitative estimate of drug-likeness (QED) is 0.407. The van der Waals surface area contributed by atoms with Crippen molar-refractivity contribution in [3.63, 3.8) is 0 Å². The van der Waals surface area contributed by atoms with Crippen molar-refractivity contribution in [1.82, 2.24) is 0 Å². The summed E-state index contributed by atoms with van der Waals surface area (Å²) in [6.07, 6.45) is 14.1. The van der Waals surface area contributed by atoms with Crippen molar-refractivity contribution < 1.29 is 9.84 Å². The third-order valence-corrected chi connectivity index (χ3v) is 4.68. The Morgan fingerprint density at radius 3 is 1.89 bits per heavy atom. The van der Waals surface area contributed by atoms with Gasteiger partial charge in [-0.3, -0.25) is 0 Å². The topological polar surface area (TPSA) is 32.8 Å². The van der Waals surface area contributed by atoms with E-state index in [4.69, 9.17) is 4.74 Å². The number of rotatable bonds is 12. The molecule has 0 bridgehead atoms. The van der Waals surface area contributed by atoms with Crippen LogP contribution in [-0.2, 0) is 4.74 Å². The number of hydrogen-bond acceptors (Lipinski definition) is 2. The molecule has 0 saturated carbocycles. The first-order chi connectivity index (χ1) is 9.18. The van der Waals surface area contributed by atoms with Gasteiger partial charge in [0.2, 0.25) is 0 Å². The molecule has 114 valence electrons. The summed E-state index contributed by atoms with van der Waals surface area (Å²) in [7, 11) is 0. The van der Waals surface area contributed by atoms with E-state index in [9.17, 15) is 5.11 Å². The maximum Gasteiger partial charge on any atom is 0.113 e. The van der Waals surface area contributed by atoms with Crippen LogP contribution in [0, 0.1) is 0 Å². The highest BCUT2D eigenvalue weighted by molar-refractivity contribution is 4.99. The molecule has 1 aliphatic heterocycles. The lowest BCUT2D eigenvalue weighted by Crippen LogP contribution is -2.34. The standard InChI is InChI=1S/C17H34O2/c1-4-7-8-9-10-11-12-13-14-15-16(19-15)17(18,5-2)6-3/h15-16,18H,4-14H2,1-3H3/t15-,16+/m1/s1. The maximum atomic E-state index is 10.3. The molecule has 0 unspecified atom stereocenters. The third kappa shape index (κ3) is 5.83. The fourth-order valence-corrected chi connectivity index (χ4v) is 2.97. The van der Waals surface area contributed by atoms with Crippen LogP contribution in [0.5, 0.6) is 0 Å². The van der Waals surface area contributed by atoms with Crippen LogP contribution in [0.15, 0.2) is 0 Å².